The number of aryl methyl sites for hydroxylation is 3. The van der Waals surface area contributed by atoms with Gasteiger partial charge in [0.15, 0.2) is 5.76 Å². The maximum atomic E-state index is 13.6. The van der Waals surface area contributed by atoms with Gasteiger partial charge in [-0.05, 0) is 55.7 Å². The largest absolute Gasteiger partial charge is 0.451 e. The smallest absolute Gasteiger partial charge is 0.295 e. The van der Waals surface area contributed by atoms with Crippen molar-refractivity contribution in [3.05, 3.63) is 94.9 Å². The Labute approximate surface area is 170 Å². The highest BCUT2D eigenvalue weighted by Gasteiger charge is 2.25. The average molecular weight is 384 g/mol. The van der Waals surface area contributed by atoms with Gasteiger partial charge in [-0.15, -0.1) is 0 Å². The fourth-order valence-electron chi connectivity index (χ4n) is 3.46. The maximum Gasteiger partial charge on any atom is 0.295 e. The summed E-state index contributed by atoms with van der Waals surface area (Å²) in [5.74, 6) is 0.786. The van der Waals surface area contributed by atoms with Crippen molar-refractivity contribution in [1.29, 1.82) is 0 Å². The Morgan fingerprint density at radius 2 is 1.76 bits per heavy atom. The summed E-state index contributed by atoms with van der Waals surface area (Å²) in [5.41, 5.74) is 5.05. The summed E-state index contributed by atoms with van der Waals surface area (Å²) >= 11 is 0. The molecule has 4 rings (SSSR count). The van der Waals surface area contributed by atoms with Gasteiger partial charge in [0.05, 0.1) is 6.54 Å². The number of aromatic nitrogens is 1. The van der Waals surface area contributed by atoms with Crippen molar-refractivity contribution in [2.45, 2.75) is 33.7 Å². The zero-order valence-corrected chi connectivity index (χ0v) is 17.0. The molecule has 0 spiro atoms. The summed E-state index contributed by atoms with van der Waals surface area (Å²) in [6.07, 6.45) is 2.64. The number of hydrogen-bond donors (Lipinski definition) is 0. The van der Waals surface area contributed by atoms with Crippen LogP contribution in [0.15, 0.2) is 71.3 Å². The minimum Gasteiger partial charge on any atom is -0.451 e. The number of benzene rings is 2. The van der Waals surface area contributed by atoms with Gasteiger partial charge >= 0.3 is 0 Å². The molecule has 2 heterocycles. The minimum absolute atomic E-state index is 0.184. The van der Waals surface area contributed by atoms with Gasteiger partial charge in [-0.1, -0.05) is 48.9 Å². The fourth-order valence-corrected chi connectivity index (χ4v) is 3.46. The third kappa shape index (κ3) is 3.79. The van der Waals surface area contributed by atoms with E-state index in [4.69, 9.17) is 4.42 Å². The van der Waals surface area contributed by atoms with Crippen LogP contribution in [-0.4, -0.2) is 10.9 Å². The number of pyridine rings is 1. The van der Waals surface area contributed by atoms with Crippen molar-refractivity contribution in [3.63, 3.8) is 0 Å². The lowest BCUT2D eigenvalue weighted by Crippen LogP contribution is -2.31. The second-order valence-electron chi connectivity index (χ2n) is 7.31. The zero-order chi connectivity index (χ0) is 20.4. The molecular weight excluding hydrogens is 360 g/mol. The first-order valence-electron chi connectivity index (χ1n) is 9.87. The molecule has 146 valence electrons. The van der Waals surface area contributed by atoms with Crippen molar-refractivity contribution in [2.24, 2.45) is 0 Å². The van der Waals surface area contributed by atoms with Crippen LogP contribution in [0.2, 0.25) is 0 Å². The van der Waals surface area contributed by atoms with E-state index in [1.54, 1.807) is 11.1 Å². The lowest BCUT2D eigenvalue weighted by Gasteiger charge is -2.21. The summed E-state index contributed by atoms with van der Waals surface area (Å²) in [6.45, 7) is 6.54. The molecule has 0 bridgehead atoms. The van der Waals surface area contributed by atoms with Crippen LogP contribution in [0.3, 0.4) is 0 Å². The van der Waals surface area contributed by atoms with E-state index in [1.807, 2.05) is 56.3 Å². The van der Waals surface area contributed by atoms with Gasteiger partial charge in [0, 0.05) is 17.1 Å². The lowest BCUT2D eigenvalue weighted by molar-refractivity contribution is 0.0959. The van der Waals surface area contributed by atoms with E-state index in [-0.39, 0.29) is 5.91 Å². The Kier molecular flexibility index (Phi) is 5.17. The molecule has 0 saturated heterocycles. The van der Waals surface area contributed by atoms with E-state index >= 15 is 0 Å². The quantitative estimate of drug-likeness (QED) is 0.433. The Morgan fingerprint density at radius 1 is 1.00 bits per heavy atom. The Balaban J connectivity index is 1.76. The van der Waals surface area contributed by atoms with Gasteiger partial charge < -0.3 is 4.42 Å². The number of carbonyl (C=O) groups is 1. The summed E-state index contributed by atoms with van der Waals surface area (Å²) in [5, 5.41) is 0.990. The van der Waals surface area contributed by atoms with E-state index < -0.39 is 0 Å². The highest BCUT2D eigenvalue weighted by atomic mass is 16.3. The van der Waals surface area contributed by atoms with Crippen molar-refractivity contribution in [1.82, 2.24) is 4.98 Å². The number of amides is 1. The summed E-state index contributed by atoms with van der Waals surface area (Å²) < 4.78 is 6.00. The molecule has 29 heavy (non-hydrogen) atoms. The van der Waals surface area contributed by atoms with Crippen molar-refractivity contribution < 1.29 is 9.21 Å². The summed E-state index contributed by atoms with van der Waals surface area (Å²) in [6, 6.07) is 19.9. The number of carbonyl (C=O) groups excluding carboxylic acids is 1. The number of nitrogens with zero attached hydrogens (tertiary/aromatic N) is 2. The SMILES string of the molecule is CCc1ccc2oc(C(=O)N(Cc3ccc(C)cc3)c3ccccn3)c(C)c2c1. The second-order valence-corrected chi connectivity index (χ2v) is 7.31. The van der Waals surface area contributed by atoms with E-state index in [1.165, 1.54) is 11.1 Å². The van der Waals surface area contributed by atoms with Gasteiger partial charge in [-0.2, -0.15) is 0 Å². The number of rotatable bonds is 5. The molecular formula is C25H24N2O2. The van der Waals surface area contributed by atoms with Gasteiger partial charge in [0.1, 0.15) is 11.4 Å². The molecule has 1 amide bonds. The van der Waals surface area contributed by atoms with E-state index in [9.17, 15) is 4.79 Å². The minimum atomic E-state index is -0.184. The molecule has 4 heteroatoms. The van der Waals surface area contributed by atoms with Crippen LogP contribution in [0.25, 0.3) is 11.0 Å². The van der Waals surface area contributed by atoms with Crippen molar-refractivity contribution in [3.8, 4) is 0 Å². The molecule has 0 saturated carbocycles. The number of fused-ring (bicyclic) bond motifs is 1. The average Bonchev–Trinajstić information content (AvgIpc) is 3.09. The predicted molar refractivity (Wildman–Crippen MR) is 116 cm³/mol. The topological polar surface area (TPSA) is 46.3 Å². The molecule has 2 aromatic heterocycles. The van der Waals surface area contributed by atoms with E-state index in [0.29, 0.717) is 18.1 Å². The van der Waals surface area contributed by atoms with Crippen LogP contribution in [-0.2, 0) is 13.0 Å². The number of anilines is 1. The maximum absolute atomic E-state index is 13.6. The Morgan fingerprint density at radius 3 is 2.45 bits per heavy atom. The van der Waals surface area contributed by atoms with Crippen LogP contribution >= 0.6 is 0 Å². The van der Waals surface area contributed by atoms with Gasteiger partial charge in [-0.25, -0.2) is 4.98 Å². The highest BCUT2D eigenvalue weighted by Crippen LogP contribution is 2.29. The van der Waals surface area contributed by atoms with E-state index in [2.05, 4.69) is 30.1 Å². The molecule has 4 aromatic rings. The molecule has 0 fully saturated rings. The molecule has 0 aliphatic carbocycles. The molecule has 0 radical (unpaired) electrons. The summed E-state index contributed by atoms with van der Waals surface area (Å²) in [4.78, 5) is 19.6. The highest BCUT2D eigenvalue weighted by molar-refractivity contribution is 6.07. The molecule has 0 aliphatic heterocycles. The third-order valence-electron chi connectivity index (χ3n) is 5.24. The van der Waals surface area contributed by atoms with E-state index in [0.717, 1.165) is 28.5 Å². The van der Waals surface area contributed by atoms with Crippen LogP contribution < -0.4 is 4.90 Å². The third-order valence-corrected chi connectivity index (χ3v) is 5.24. The standard InChI is InChI=1S/C25H24N2O2/c1-4-19-12-13-22-21(15-19)18(3)24(29-22)25(28)27(23-7-5-6-14-26-23)16-20-10-8-17(2)9-11-20/h5-15H,4,16H2,1-3H3. The Hall–Kier alpha value is -3.40. The van der Waals surface area contributed by atoms with Crippen molar-refractivity contribution in [2.75, 3.05) is 4.90 Å². The zero-order valence-electron chi connectivity index (χ0n) is 17.0. The molecule has 4 nitrogen and oxygen atoms in total. The van der Waals surface area contributed by atoms with Gasteiger partial charge in [-0.3, -0.25) is 9.69 Å². The monoisotopic (exact) mass is 384 g/mol. The molecule has 0 N–H and O–H groups in total. The van der Waals surface area contributed by atoms with Crippen LogP contribution in [0.1, 0.15) is 39.7 Å². The number of hydrogen-bond acceptors (Lipinski definition) is 3. The van der Waals surface area contributed by atoms with Crippen LogP contribution in [0, 0.1) is 13.8 Å². The first-order valence-corrected chi connectivity index (χ1v) is 9.87. The summed E-state index contributed by atoms with van der Waals surface area (Å²) in [7, 11) is 0. The lowest BCUT2D eigenvalue weighted by atomic mass is 10.1. The molecule has 0 unspecified atom stereocenters. The van der Waals surface area contributed by atoms with Crippen LogP contribution in [0.5, 0.6) is 0 Å². The fraction of sp³-hybridized carbons (Fsp3) is 0.200. The van der Waals surface area contributed by atoms with Gasteiger partial charge in [0.2, 0.25) is 0 Å². The number of furan rings is 1. The van der Waals surface area contributed by atoms with Crippen molar-refractivity contribution >= 4 is 22.7 Å². The normalized spacial score (nSPS) is 11.0. The molecule has 0 atom stereocenters. The molecule has 2 aromatic carbocycles. The second kappa shape index (κ2) is 7.92. The van der Waals surface area contributed by atoms with Crippen LogP contribution in [0.4, 0.5) is 5.82 Å². The Bertz CT molecular complexity index is 1140. The molecule has 0 aliphatic rings. The first kappa shape index (κ1) is 18.9. The first-order chi connectivity index (χ1) is 14.1. The predicted octanol–water partition coefficient (Wildman–Crippen LogP) is 5.85. The van der Waals surface area contributed by atoms with Gasteiger partial charge in [0.25, 0.3) is 5.91 Å².